The van der Waals surface area contributed by atoms with Crippen LogP contribution in [0, 0.1) is 0 Å². The van der Waals surface area contributed by atoms with E-state index in [9.17, 15) is 19.2 Å². The Hall–Kier alpha value is -2.12. The molecule has 0 rings (SSSR count). The first-order chi connectivity index (χ1) is 13.1. The molecule has 28 heavy (non-hydrogen) atoms. The lowest BCUT2D eigenvalue weighted by Gasteiger charge is -2.08. The SMILES string of the molecule is CC(C)OC(=O)CCCCC(=O)OC(C)C.COC(=O)CCCCC(=O)OC. The molecule has 0 heterocycles. The molecule has 0 amide bonds. The molecule has 0 spiro atoms. The Morgan fingerprint density at radius 1 is 0.536 bits per heavy atom. The maximum Gasteiger partial charge on any atom is 0.306 e. The Bertz CT molecular complexity index is 415. The molecular formula is C20H36O8. The lowest BCUT2D eigenvalue weighted by atomic mass is 10.2. The van der Waals surface area contributed by atoms with Crippen molar-refractivity contribution in [2.75, 3.05) is 14.2 Å². The van der Waals surface area contributed by atoms with Crippen molar-refractivity contribution in [1.29, 1.82) is 0 Å². The first-order valence-electron chi connectivity index (χ1n) is 9.64. The van der Waals surface area contributed by atoms with Gasteiger partial charge in [-0.05, 0) is 53.4 Å². The quantitative estimate of drug-likeness (QED) is 0.277. The monoisotopic (exact) mass is 404 g/mol. The third-order valence-electron chi connectivity index (χ3n) is 3.21. The van der Waals surface area contributed by atoms with E-state index >= 15 is 0 Å². The molecular weight excluding hydrogens is 368 g/mol. The fourth-order valence-corrected chi connectivity index (χ4v) is 1.93. The van der Waals surface area contributed by atoms with Crippen molar-refractivity contribution in [3.8, 4) is 0 Å². The summed E-state index contributed by atoms with van der Waals surface area (Å²) in [6.07, 6.45) is 4.00. The molecule has 0 aliphatic rings. The van der Waals surface area contributed by atoms with Gasteiger partial charge in [-0.2, -0.15) is 0 Å². The third kappa shape index (κ3) is 21.9. The van der Waals surface area contributed by atoms with E-state index in [0.29, 0.717) is 51.4 Å². The van der Waals surface area contributed by atoms with Crippen LogP contribution in [-0.2, 0) is 38.1 Å². The van der Waals surface area contributed by atoms with E-state index in [1.807, 2.05) is 27.7 Å². The fraction of sp³-hybridized carbons (Fsp3) is 0.800. The summed E-state index contributed by atoms with van der Waals surface area (Å²) >= 11 is 0. The second-order valence-corrected chi connectivity index (χ2v) is 6.64. The number of rotatable bonds is 12. The third-order valence-corrected chi connectivity index (χ3v) is 3.21. The van der Waals surface area contributed by atoms with Gasteiger partial charge in [0, 0.05) is 25.7 Å². The van der Waals surface area contributed by atoms with E-state index < -0.39 is 0 Å². The van der Waals surface area contributed by atoms with Gasteiger partial charge in [-0.1, -0.05) is 0 Å². The normalized spacial score (nSPS) is 10.0. The van der Waals surface area contributed by atoms with Crippen molar-refractivity contribution in [2.45, 2.75) is 91.3 Å². The molecule has 0 aromatic carbocycles. The van der Waals surface area contributed by atoms with Crippen molar-refractivity contribution < 1.29 is 38.1 Å². The molecule has 8 nitrogen and oxygen atoms in total. The minimum atomic E-state index is -0.236. The summed E-state index contributed by atoms with van der Waals surface area (Å²) < 4.78 is 18.8. The molecule has 0 atom stereocenters. The van der Waals surface area contributed by atoms with E-state index in [1.54, 1.807) is 0 Å². The Kier molecular flexibility index (Phi) is 18.3. The zero-order valence-corrected chi connectivity index (χ0v) is 18.1. The van der Waals surface area contributed by atoms with Gasteiger partial charge in [-0.25, -0.2) is 0 Å². The highest BCUT2D eigenvalue weighted by molar-refractivity contribution is 5.71. The molecule has 0 unspecified atom stereocenters. The number of esters is 4. The Labute approximate surface area is 168 Å². The summed E-state index contributed by atoms with van der Waals surface area (Å²) in [5.41, 5.74) is 0. The van der Waals surface area contributed by atoms with E-state index in [0.717, 1.165) is 0 Å². The van der Waals surface area contributed by atoms with Crippen LogP contribution in [0.2, 0.25) is 0 Å². The molecule has 0 N–H and O–H groups in total. The number of carbonyl (C=O) groups is 4. The molecule has 0 saturated heterocycles. The Balaban J connectivity index is 0. The zero-order valence-electron chi connectivity index (χ0n) is 18.1. The summed E-state index contributed by atoms with van der Waals surface area (Å²) in [4.78, 5) is 43.5. The molecule has 8 heteroatoms. The van der Waals surface area contributed by atoms with Gasteiger partial charge in [0.05, 0.1) is 26.4 Å². The lowest BCUT2D eigenvalue weighted by Crippen LogP contribution is -2.12. The van der Waals surface area contributed by atoms with Gasteiger partial charge in [0.25, 0.3) is 0 Å². The minimum absolute atomic E-state index is 0.0709. The van der Waals surface area contributed by atoms with Crippen molar-refractivity contribution in [2.24, 2.45) is 0 Å². The van der Waals surface area contributed by atoms with Crippen LogP contribution in [0.1, 0.15) is 79.1 Å². The van der Waals surface area contributed by atoms with Gasteiger partial charge in [0.15, 0.2) is 0 Å². The highest BCUT2D eigenvalue weighted by Crippen LogP contribution is 2.05. The van der Waals surface area contributed by atoms with Crippen molar-refractivity contribution in [3.63, 3.8) is 0 Å². The first kappa shape index (κ1) is 28.1. The van der Waals surface area contributed by atoms with Crippen molar-refractivity contribution in [1.82, 2.24) is 0 Å². The molecule has 0 fully saturated rings. The number of hydrogen-bond acceptors (Lipinski definition) is 8. The summed E-state index contributed by atoms with van der Waals surface area (Å²) in [5.74, 6) is -0.876. The van der Waals surface area contributed by atoms with Crippen LogP contribution in [-0.4, -0.2) is 50.3 Å². The number of ether oxygens (including phenoxy) is 4. The zero-order chi connectivity index (χ0) is 21.9. The second-order valence-electron chi connectivity index (χ2n) is 6.64. The molecule has 0 aliphatic carbocycles. The van der Waals surface area contributed by atoms with Crippen LogP contribution in [0.25, 0.3) is 0 Å². The van der Waals surface area contributed by atoms with E-state index in [1.165, 1.54) is 14.2 Å². The van der Waals surface area contributed by atoms with E-state index in [-0.39, 0.29) is 36.1 Å². The molecule has 0 bridgehead atoms. The molecule has 0 aliphatic heterocycles. The maximum absolute atomic E-state index is 11.1. The van der Waals surface area contributed by atoms with Crippen LogP contribution < -0.4 is 0 Å². The predicted molar refractivity (Wildman–Crippen MR) is 103 cm³/mol. The van der Waals surface area contributed by atoms with Crippen LogP contribution >= 0.6 is 0 Å². The summed E-state index contributed by atoms with van der Waals surface area (Å²) in [6, 6.07) is 0. The molecule has 0 aromatic rings. The standard InChI is InChI=1S/C12H22O4.C8H14O4/c1-9(2)15-11(13)7-5-6-8-12(14)16-10(3)4;1-11-7(9)5-3-4-6-8(10)12-2/h9-10H,5-8H2,1-4H3;3-6H2,1-2H3. The smallest absolute Gasteiger partial charge is 0.306 e. The first-order valence-corrected chi connectivity index (χ1v) is 9.64. The summed E-state index contributed by atoms with van der Waals surface area (Å²) in [6.45, 7) is 7.27. The van der Waals surface area contributed by atoms with Crippen LogP contribution in [0.4, 0.5) is 0 Å². The number of carbonyl (C=O) groups excluding carboxylic acids is 4. The van der Waals surface area contributed by atoms with Crippen LogP contribution in [0.3, 0.4) is 0 Å². The number of unbranched alkanes of at least 4 members (excludes halogenated alkanes) is 2. The molecule has 164 valence electrons. The average Bonchev–Trinajstić information content (AvgIpc) is 2.61. The van der Waals surface area contributed by atoms with E-state index in [4.69, 9.17) is 9.47 Å². The van der Waals surface area contributed by atoms with Gasteiger partial charge >= 0.3 is 23.9 Å². The summed E-state index contributed by atoms with van der Waals surface area (Å²) in [7, 11) is 2.70. The van der Waals surface area contributed by atoms with E-state index in [2.05, 4.69) is 9.47 Å². The average molecular weight is 405 g/mol. The molecule has 0 saturated carbocycles. The van der Waals surface area contributed by atoms with Gasteiger partial charge in [0.1, 0.15) is 0 Å². The maximum atomic E-state index is 11.1. The van der Waals surface area contributed by atoms with Gasteiger partial charge in [0.2, 0.25) is 0 Å². The Morgan fingerprint density at radius 2 is 0.786 bits per heavy atom. The highest BCUT2D eigenvalue weighted by Gasteiger charge is 2.08. The Morgan fingerprint density at radius 3 is 1.00 bits per heavy atom. The van der Waals surface area contributed by atoms with Gasteiger partial charge in [-0.3, -0.25) is 19.2 Å². The van der Waals surface area contributed by atoms with Crippen LogP contribution in [0.15, 0.2) is 0 Å². The summed E-state index contributed by atoms with van der Waals surface area (Å²) in [5, 5.41) is 0. The number of hydrogen-bond donors (Lipinski definition) is 0. The highest BCUT2D eigenvalue weighted by atomic mass is 16.5. The van der Waals surface area contributed by atoms with Gasteiger partial charge < -0.3 is 18.9 Å². The van der Waals surface area contributed by atoms with Crippen LogP contribution in [0.5, 0.6) is 0 Å². The lowest BCUT2D eigenvalue weighted by molar-refractivity contribution is -0.149. The van der Waals surface area contributed by atoms with Crippen molar-refractivity contribution >= 4 is 23.9 Å². The fourth-order valence-electron chi connectivity index (χ4n) is 1.93. The minimum Gasteiger partial charge on any atom is -0.469 e. The number of methoxy groups -OCH3 is 2. The van der Waals surface area contributed by atoms with Crippen molar-refractivity contribution in [3.05, 3.63) is 0 Å². The van der Waals surface area contributed by atoms with Gasteiger partial charge in [-0.15, -0.1) is 0 Å². The second kappa shape index (κ2) is 18.3. The molecule has 0 aromatic heterocycles. The predicted octanol–water partition coefficient (Wildman–Crippen LogP) is 3.34. The topological polar surface area (TPSA) is 105 Å². The largest absolute Gasteiger partial charge is 0.469 e. The molecule has 0 radical (unpaired) electrons.